The second kappa shape index (κ2) is 10.1. The molecule has 2 atom stereocenters. The van der Waals surface area contributed by atoms with E-state index in [2.05, 4.69) is 5.32 Å². The van der Waals surface area contributed by atoms with Crippen molar-refractivity contribution >= 4 is 5.91 Å². The van der Waals surface area contributed by atoms with E-state index in [9.17, 15) is 27.5 Å². The van der Waals surface area contributed by atoms with Crippen LogP contribution in [0.15, 0.2) is 24.3 Å². The Morgan fingerprint density at radius 1 is 1.06 bits per heavy atom. The molecule has 0 radical (unpaired) electrons. The van der Waals surface area contributed by atoms with Crippen LogP contribution in [0.1, 0.15) is 79.4 Å². The van der Waals surface area contributed by atoms with E-state index in [0.717, 1.165) is 63.1 Å². The zero-order valence-electron chi connectivity index (χ0n) is 19.4. The topological polar surface area (TPSA) is 54.3 Å². The number of hydrogen-bond acceptors (Lipinski definition) is 2. The summed E-state index contributed by atoms with van der Waals surface area (Å²) < 4.78 is 56.8. The predicted molar refractivity (Wildman–Crippen MR) is 122 cm³/mol. The molecular weight excluding hydrogens is 448 g/mol. The number of alkyl halides is 3. The number of carbonyl (C=O) groups is 1. The van der Waals surface area contributed by atoms with Crippen LogP contribution in [0.25, 0.3) is 11.3 Å². The number of amides is 1. The van der Waals surface area contributed by atoms with Crippen LogP contribution in [0.3, 0.4) is 0 Å². The monoisotopic (exact) mass is 480 g/mol. The van der Waals surface area contributed by atoms with Crippen molar-refractivity contribution in [1.82, 2.24) is 9.88 Å². The van der Waals surface area contributed by atoms with Gasteiger partial charge in [-0.25, -0.2) is 4.39 Å². The van der Waals surface area contributed by atoms with Gasteiger partial charge in [0.05, 0.1) is 29.0 Å². The molecule has 0 aliphatic heterocycles. The number of aliphatic hydroxyl groups is 1. The molecule has 4 nitrogen and oxygen atoms in total. The Morgan fingerprint density at radius 2 is 1.74 bits per heavy atom. The van der Waals surface area contributed by atoms with E-state index in [4.69, 9.17) is 0 Å². The zero-order chi connectivity index (χ0) is 24.5. The van der Waals surface area contributed by atoms with E-state index in [1.54, 1.807) is 11.5 Å². The van der Waals surface area contributed by atoms with Gasteiger partial charge in [-0.1, -0.05) is 32.1 Å². The molecule has 1 heterocycles. The van der Waals surface area contributed by atoms with Gasteiger partial charge in [0.1, 0.15) is 5.82 Å². The van der Waals surface area contributed by atoms with Crippen molar-refractivity contribution in [1.29, 1.82) is 0 Å². The minimum atomic E-state index is -4.60. The van der Waals surface area contributed by atoms with Gasteiger partial charge >= 0.3 is 6.18 Å². The van der Waals surface area contributed by atoms with Gasteiger partial charge in [0.2, 0.25) is 0 Å². The number of nitrogens with one attached hydrogen (secondary N) is 1. The molecule has 2 N–H and O–H groups in total. The van der Waals surface area contributed by atoms with Crippen LogP contribution in [0.2, 0.25) is 0 Å². The van der Waals surface area contributed by atoms with Crippen molar-refractivity contribution in [2.45, 2.75) is 89.6 Å². The van der Waals surface area contributed by atoms with Crippen molar-refractivity contribution < 1.29 is 27.5 Å². The molecule has 2 aromatic rings. The molecule has 1 aromatic carbocycles. The summed E-state index contributed by atoms with van der Waals surface area (Å²) in [5.74, 6) is -0.826. The van der Waals surface area contributed by atoms with Gasteiger partial charge < -0.3 is 15.0 Å². The van der Waals surface area contributed by atoms with E-state index < -0.39 is 23.7 Å². The summed E-state index contributed by atoms with van der Waals surface area (Å²) in [6.07, 6.45) is 3.21. The SMILES string of the molecule is Cc1c(C(=O)N[C@@H]2CCCC[C@H]2O)cc(-c2cc(C(F)(F)F)ccc2F)n1CC1CCCCC1. The second-order valence-corrected chi connectivity index (χ2v) is 9.77. The molecule has 2 fully saturated rings. The van der Waals surface area contributed by atoms with Gasteiger partial charge in [-0.15, -0.1) is 0 Å². The zero-order valence-corrected chi connectivity index (χ0v) is 19.4. The molecular formula is C26H32F4N2O2. The lowest BCUT2D eigenvalue weighted by atomic mass is 9.89. The number of aliphatic hydroxyl groups excluding tert-OH is 1. The first-order valence-electron chi connectivity index (χ1n) is 12.2. The van der Waals surface area contributed by atoms with Crippen LogP contribution in [-0.2, 0) is 12.7 Å². The highest BCUT2D eigenvalue weighted by Crippen LogP contribution is 2.36. The third kappa shape index (κ3) is 5.32. The molecule has 1 amide bonds. The van der Waals surface area contributed by atoms with E-state index in [-0.39, 0.29) is 23.2 Å². The highest BCUT2D eigenvalue weighted by atomic mass is 19.4. The van der Waals surface area contributed by atoms with E-state index in [1.165, 1.54) is 6.07 Å². The molecule has 2 aliphatic rings. The van der Waals surface area contributed by atoms with Gasteiger partial charge in [0.25, 0.3) is 5.91 Å². The van der Waals surface area contributed by atoms with Crippen molar-refractivity contribution in [3.8, 4) is 11.3 Å². The number of hydrogen-bond donors (Lipinski definition) is 2. The van der Waals surface area contributed by atoms with Crippen molar-refractivity contribution in [2.75, 3.05) is 0 Å². The van der Waals surface area contributed by atoms with Crippen molar-refractivity contribution in [3.05, 3.63) is 46.9 Å². The van der Waals surface area contributed by atoms with Gasteiger partial charge in [0, 0.05) is 17.8 Å². The fourth-order valence-corrected chi connectivity index (χ4v) is 5.39. The molecule has 34 heavy (non-hydrogen) atoms. The Kier molecular flexibility index (Phi) is 7.36. The van der Waals surface area contributed by atoms with Crippen LogP contribution in [0.4, 0.5) is 17.6 Å². The molecule has 0 spiro atoms. The largest absolute Gasteiger partial charge is 0.416 e. The fourth-order valence-electron chi connectivity index (χ4n) is 5.39. The van der Waals surface area contributed by atoms with Gasteiger partial charge in [-0.3, -0.25) is 4.79 Å². The molecule has 0 bridgehead atoms. The Morgan fingerprint density at radius 3 is 2.41 bits per heavy atom. The van der Waals surface area contributed by atoms with Crippen LogP contribution in [-0.4, -0.2) is 27.7 Å². The highest BCUT2D eigenvalue weighted by molar-refractivity contribution is 5.97. The van der Waals surface area contributed by atoms with Crippen LogP contribution in [0, 0.1) is 18.7 Å². The number of rotatable bonds is 5. The fraction of sp³-hybridized carbons (Fsp3) is 0.577. The lowest BCUT2D eigenvalue weighted by Crippen LogP contribution is -2.45. The number of carbonyl (C=O) groups excluding carboxylic acids is 1. The molecule has 0 saturated heterocycles. The summed E-state index contributed by atoms with van der Waals surface area (Å²) in [7, 11) is 0. The molecule has 2 saturated carbocycles. The second-order valence-electron chi connectivity index (χ2n) is 9.77. The third-order valence-corrected chi connectivity index (χ3v) is 7.39. The molecule has 1 aromatic heterocycles. The first-order valence-corrected chi connectivity index (χ1v) is 12.2. The average molecular weight is 481 g/mol. The first-order chi connectivity index (χ1) is 16.1. The Hall–Kier alpha value is -2.35. The maximum Gasteiger partial charge on any atom is 0.416 e. The van der Waals surface area contributed by atoms with Crippen LogP contribution < -0.4 is 5.32 Å². The van der Waals surface area contributed by atoms with Crippen LogP contribution >= 0.6 is 0 Å². The molecule has 2 aliphatic carbocycles. The minimum absolute atomic E-state index is 0.162. The summed E-state index contributed by atoms with van der Waals surface area (Å²) in [6.45, 7) is 2.28. The molecule has 0 unspecified atom stereocenters. The van der Waals surface area contributed by atoms with Crippen LogP contribution in [0.5, 0.6) is 0 Å². The van der Waals surface area contributed by atoms with Gasteiger partial charge in [-0.05, 0) is 62.8 Å². The third-order valence-electron chi connectivity index (χ3n) is 7.39. The summed E-state index contributed by atoms with van der Waals surface area (Å²) >= 11 is 0. The Labute approximate surface area is 197 Å². The molecule has 4 rings (SSSR count). The lowest BCUT2D eigenvalue weighted by molar-refractivity contribution is -0.137. The number of aromatic nitrogens is 1. The quantitative estimate of drug-likeness (QED) is 0.498. The van der Waals surface area contributed by atoms with Crippen molar-refractivity contribution in [3.63, 3.8) is 0 Å². The average Bonchev–Trinajstić information content (AvgIpc) is 3.11. The highest BCUT2D eigenvalue weighted by Gasteiger charge is 2.33. The van der Waals surface area contributed by atoms with E-state index in [0.29, 0.717) is 36.6 Å². The predicted octanol–water partition coefficient (Wildman–Crippen LogP) is 6.24. The minimum Gasteiger partial charge on any atom is -0.391 e. The normalized spacial score (nSPS) is 22.1. The summed E-state index contributed by atoms with van der Waals surface area (Å²) in [5.41, 5.74) is 0.0929. The summed E-state index contributed by atoms with van der Waals surface area (Å²) in [5, 5.41) is 13.2. The number of halogens is 4. The lowest BCUT2D eigenvalue weighted by Gasteiger charge is -2.28. The maximum atomic E-state index is 14.9. The Bertz CT molecular complexity index is 1020. The molecule has 8 heteroatoms. The first kappa shape index (κ1) is 24.8. The maximum absolute atomic E-state index is 14.9. The van der Waals surface area contributed by atoms with Crippen molar-refractivity contribution in [2.24, 2.45) is 5.92 Å². The Balaban J connectivity index is 1.73. The van der Waals surface area contributed by atoms with Gasteiger partial charge in [-0.2, -0.15) is 13.2 Å². The smallest absolute Gasteiger partial charge is 0.391 e. The summed E-state index contributed by atoms with van der Waals surface area (Å²) in [6, 6.07) is 3.54. The molecule has 186 valence electrons. The summed E-state index contributed by atoms with van der Waals surface area (Å²) in [4.78, 5) is 13.2. The van der Waals surface area contributed by atoms with Gasteiger partial charge in [0.15, 0.2) is 0 Å². The number of nitrogens with zero attached hydrogens (tertiary/aromatic N) is 1. The number of benzene rings is 1. The van der Waals surface area contributed by atoms with E-state index >= 15 is 0 Å². The van der Waals surface area contributed by atoms with E-state index in [1.807, 2.05) is 0 Å². The standard InChI is InChI=1S/C26H32F4N2O2/c1-16-19(25(34)31-22-9-5-6-10-24(22)33)14-23(32(16)15-17-7-3-2-4-8-17)20-13-18(26(28,29)30)11-12-21(20)27/h11-14,17,22,24,33H,2-10,15H2,1H3,(H,31,34)/t22-,24-/m1/s1.